The number of likely N-dealkylation sites (tertiary alicyclic amines) is 1. The van der Waals surface area contributed by atoms with Crippen molar-refractivity contribution in [3.05, 3.63) is 0 Å². The first-order valence-corrected chi connectivity index (χ1v) is 7.02. The van der Waals surface area contributed by atoms with Crippen LogP contribution in [0.5, 0.6) is 0 Å². The summed E-state index contributed by atoms with van der Waals surface area (Å²) < 4.78 is 0. The Morgan fingerprint density at radius 3 is 2.38 bits per heavy atom. The largest absolute Gasteiger partial charge is 0.307 e. The average molecular weight is 226 g/mol. The van der Waals surface area contributed by atoms with Gasteiger partial charge < -0.3 is 9.80 Å². The van der Waals surface area contributed by atoms with E-state index in [0.29, 0.717) is 0 Å². The minimum atomic E-state index is 0.822. The molecule has 1 rings (SSSR count). The lowest BCUT2D eigenvalue weighted by molar-refractivity contribution is 0.156. The van der Waals surface area contributed by atoms with Gasteiger partial charge in [0.25, 0.3) is 0 Å². The summed E-state index contributed by atoms with van der Waals surface area (Å²) in [6.45, 7) is 13.3. The molecule has 0 amide bonds. The molecule has 0 aromatic heterocycles. The molecule has 96 valence electrons. The van der Waals surface area contributed by atoms with Gasteiger partial charge in [0.15, 0.2) is 0 Å². The fraction of sp³-hybridized carbons (Fsp3) is 1.00. The van der Waals surface area contributed by atoms with Crippen LogP contribution in [0.3, 0.4) is 0 Å². The summed E-state index contributed by atoms with van der Waals surface area (Å²) in [4.78, 5) is 5.07. The Morgan fingerprint density at radius 2 is 1.88 bits per heavy atom. The summed E-state index contributed by atoms with van der Waals surface area (Å²) in [6, 6.07) is 0. The van der Waals surface area contributed by atoms with Crippen molar-refractivity contribution in [2.75, 3.05) is 39.8 Å². The molecule has 1 fully saturated rings. The van der Waals surface area contributed by atoms with Gasteiger partial charge in [-0.25, -0.2) is 0 Å². The van der Waals surface area contributed by atoms with Crippen LogP contribution in [0.2, 0.25) is 0 Å². The van der Waals surface area contributed by atoms with Crippen molar-refractivity contribution in [3.8, 4) is 0 Å². The van der Waals surface area contributed by atoms with Crippen LogP contribution in [0.1, 0.15) is 40.0 Å². The smallest absolute Gasteiger partial charge is 0.000439 e. The third-order valence-corrected chi connectivity index (χ3v) is 3.79. The van der Waals surface area contributed by atoms with Gasteiger partial charge in [-0.15, -0.1) is 0 Å². The first-order valence-electron chi connectivity index (χ1n) is 7.02. The molecular weight excluding hydrogens is 196 g/mol. The van der Waals surface area contributed by atoms with Gasteiger partial charge in [0, 0.05) is 6.54 Å². The Balaban J connectivity index is 2.12. The Hall–Kier alpha value is -0.0800. The highest BCUT2D eigenvalue weighted by molar-refractivity contribution is 4.73. The van der Waals surface area contributed by atoms with Crippen molar-refractivity contribution in [3.63, 3.8) is 0 Å². The van der Waals surface area contributed by atoms with Crippen LogP contribution in [-0.4, -0.2) is 49.6 Å². The molecule has 0 aliphatic carbocycles. The average Bonchev–Trinajstić information content (AvgIpc) is 2.27. The Labute approximate surface area is 102 Å². The quantitative estimate of drug-likeness (QED) is 0.687. The SMILES string of the molecule is CCN(C)CCC1CCN(CC(C)C)CC1. The van der Waals surface area contributed by atoms with Crippen LogP contribution in [0, 0.1) is 11.8 Å². The van der Waals surface area contributed by atoms with E-state index >= 15 is 0 Å². The van der Waals surface area contributed by atoms with Gasteiger partial charge in [0.1, 0.15) is 0 Å². The molecule has 1 aliphatic rings. The highest BCUT2D eigenvalue weighted by atomic mass is 15.1. The molecular formula is C14H30N2. The van der Waals surface area contributed by atoms with E-state index in [9.17, 15) is 0 Å². The lowest BCUT2D eigenvalue weighted by Crippen LogP contribution is -2.36. The van der Waals surface area contributed by atoms with E-state index in [1.54, 1.807) is 0 Å². The Kier molecular flexibility index (Phi) is 6.37. The molecule has 0 spiro atoms. The van der Waals surface area contributed by atoms with Crippen molar-refractivity contribution >= 4 is 0 Å². The maximum absolute atomic E-state index is 2.64. The number of nitrogens with zero attached hydrogens (tertiary/aromatic N) is 2. The number of hydrogen-bond donors (Lipinski definition) is 0. The summed E-state index contributed by atoms with van der Waals surface area (Å²) in [7, 11) is 2.23. The Morgan fingerprint density at radius 1 is 1.25 bits per heavy atom. The number of rotatable bonds is 6. The second-order valence-electron chi connectivity index (χ2n) is 5.82. The van der Waals surface area contributed by atoms with Gasteiger partial charge >= 0.3 is 0 Å². The molecule has 0 aromatic carbocycles. The van der Waals surface area contributed by atoms with E-state index in [2.05, 4.69) is 37.6 Å². The molecule has 0 bridgehead atoms. The fourth-order valence-corrected chi connectivity index (χ4v) is 2.54. The topological polar surface area (TPSA) is 6.48 Å². The molecule has 0 aromatic rings. The predicted molar refractivity (Wildman–Crippen MR) is 71.8 cm³/mol. The molecule has 0 saturated carbocycles. The third kappa shape index (κ3) is 5.31. The van der Waals surface area contributed by atoms with E-state index < -0.39 is 0 Å². The summed E-state index contributed by atoms with van der Waals surface area (Å²) in [5.74, 6) is 1.81. The first kappa shape index (κ1) is 14.0. The Bertz CT molecular complexity index is 172. The highest BCUT2D eigenvalue weighted by Crippen LogP contribution is 2.21. The number of hydrogen-bond acceptors (Lipinski definition) is 2. The van der Waals surface area contributed by atoms with E-state index in [-0.39, 0.29) is 0 Å². The molecule has 16 heavy (non-hydrogen) atoms. The molecule has 2 heteroatoms. The minimum Gasteiger partial charge on any atom is -0.307 e. The molecule has 0 N–H and O–H groups in total. The standard InChI is InChI=1S/C14H30N2/c1-5-15(4)9-6-14-7-10-16(11-8-14)12-13(2)3/h13-14H,5-12H2,1-4H3. The normalized spacial score (nSPS) is 19.9. The van der Waals surface area contributed by atoms with Gasteiger partial charge in [-0.1, -0.05) is 20.8 Å². The molecule has 0 unspecified atom stereocenters. The summed E-state index contributed by atoms with van der Waals surface area (Å²) in [6.07, 6.45) is 4.24. The van der Waals surface area contributed by atoms with Crippen LogP contribution in [0.4, 0.5) is 0 Å². The first-order chi connectivity index (χ1) is 7.61. The van der Waals surface area contributed by atoms with Gasteiger partial charge in [0.2, 0.25) is 0 Å². The fourth-order valence-electron chi connectivity index (χ4n) is 2.54. The van der Waals surface area contributed by atoms with Gasteiger partial charge in [0.05, 0.1) is 0 Å². The van der Waals surface area contributed by atoms with E-state index in [1.165, 1.54) is 52.0 Å². The van der Waals surface area contributed by atoms with Crippen LogP contribution in [0.15, 0.2) is 0 Å². The van der Waals surface area contributed by atoms with Crippen molar-refractivity contribution < 1.29 is 0 Å². The monoisotopic (exact) mass is 226 g/mol. The second kappa shape index (κ2) is 7.29. The van der Waals surface area contributed by atoms with E-state index in [1.807, 2.05) is 0 Å². The zero-order valence-electron chi connectivity index (χ0n) is 11.7. The van der Waals surface area contributed by atoms with Crippen LogP contribution >= 0.6 is 0 Å². The van der Waals surface area contributed by atoms with Crippen molar-refractivity contribution in [1.82, 2.24) is 9.80 Å². The maximum Gasteiger partial charge on any atom is 0.000439 e. The molecule has 1 aliphatic heterocycles. The summed E-state index contributed by atoms with van der Waals surface area (Å²) in [5.41, 5.74) is 0. The van der Waals surface area contributed by atoms with E-state index in [4.69, 9.17) is 0 Å². The molecule has 1 saturated heterocycles. The molecule has 1 heterocycles. The predicted octanol–water partition coefficient (Wildman–Crippen LogP) is 2.70. The zero-order chi connectivity index (χ0) is 12.0. The van der Waals surface area contributed by atoms with Crippen molar-refractivity contribution in [2.45, 2.75) is 40.0 Å². The highest BCUT2D eigenvalue weighted by Gasteiger charge is 2.19. The number of piperidine rings is 1. The van der Waals surface area contributed by atoms with Crippen LogP contribution < -0.4 is 0 Å². The second-order valence-corrected chi connectivity index (χ2v) is 5.82. The van der Waals surface area contributed by atoms with Crippen LogP contribution in [0.25, 0.3) is 0 Å². The van der Waals surface area contributed by atoms with Gasteiger partial charge in [-0.3, -0.25) is 0 Å². The molecule has 0 atom stereocenters. The molecule has 0 radical (unpaired) electrons. The summed E-state index contributed by atoms with van der Waals surface area (Å²) >= 11 is 0. The summed E-state index contributed by atoms with van der Waals surface area (Å²) in [5, 5.41) is 0. The lowest BCUT2D eigenvalue weighted by Gasteiger charge is -2.33. The third-order valence-electron chi connectivity index (χ3n) is 3.79. The maximum atomic E-state index is 2.64. The molecule has 2 nitrogen and oxygen atoms in total. The van der Waals surface area contributed by atoms with E-state index in [0.717, 1.165) is 11.8 Å². The van der Waals surface area contributed by atoms with Crippen molar-refractivity contribution in [2.24, 2.45) is 11.8 Å². The van der Waals surface area contributed by atoms with Crippen molar-refractivity contribution in [1.29, 1.82) is 0 Å². The zero-order valence-corrected chi connectivity index (χ0v) is 11.7. The van der Waals surface area contributed by atoms with Crippen LogP contribution in [-0.2, 0) is 0 Å². The lowest BCUT2D eigenvalue weighted by atomic mass is 9.93. The minimum absolute atomic E-state index is 0.822. The van der Waals surface area contributed by atoms with Gasteiger partial charge in [-0.2, -0.15) is 0 Å². The van der Waals surface area contributed by atoms with Gasteiger partial charge in [-0.05, 0) is 64.3 Å².